The molecule has 0 saturated heterocycles. The van der Waals surface area contributed by atoms with Crippen LogP contribution in [0.25, 0.3) is 0 Å². The topological polar surface area (TPSA) is 52.6 Å². The van der Waals surface area contributed by atoms with Gasteiger partial charge in [0.25, 0.3) is 0 Å². The zero-order chi connectivity index (χ0) is 23.4. The standard InChI is InChI=1S/C28H48N2O2/c1-17(2)14-25(32)29-20-12-13-27(4)19(15-20)8-9-21-23-11-10-22(18(3)30(6)7)28(23,5)16-24(31)26(21)27/h14,18-24,26,31H,8-13,15-16H2,1-7H3,(H,29,32). The summed E-state index contributed by atoms with van der Waals surface area (Å²) in [6, 6.07) is 0.857. The van der Waals surface area contributed by atoms with Crippen LogP contribution in [0.3, 0.4) is 0 Å². The van der Waals surface area contributed by atoms with Crippen LogP contribution in [0.2, 0.25) is 0 Å². The SMILES string of the molecule is CC(C)=CC(=O)NC1CCC2(C)C(CCC3C4CCC(C(C)N(C)C)C4(C)CC(O)C32)C1. The lowest BCUT2D eigenvalue weighted by Gasteiger charge is -2.63. The summed E-state index contributed by atoms with van der Waals surface area (Å²) in [6.07, 6.45) is 11.0. The molecule has 4 nitrogen and oxygen atoms in total. The minimum Gasteiger partial charge on any atom is -0.393 e. The Morgan fingerprint density at radius 1 is 1.09 bits per heavy atom. The van der Waals surface area contributed by atoms with Gasteiger partial charge in [-0.3, -0.25) is 4.79 Å². The molecule has 0 aromatic rings. The average Bonchev–Trinajstić information content (AvgIpc) is 3.03. The van der Waals surface area contributed by atoms with Gasteiger partial charge in [0.15, 0.2) is 0 Å². The summed E-state index contributed by atoms with van der Waals surface area (Å²) in [4.78, 5) is 14.7. The van der Waals surface area contributed by atoms with Gasteiger partial charge in [-0.05, 0) is 127 Å². The van der Waals surface area contributed by atoms with E-state index in [2.05, 4.69) is 45.1 Å². The molecule has 10 unspecified atom stereocenters. The minimum absolute atomic E-state index is 0.0627. The van der Waals surface area contributed by atoms with E-state index in [1.165, 1.54) is 25.7 Å². The van der Waals surface area contributed by atoms with E-state index in [-0.39, 0.29) is 28.9 Å². The van der Waals surface area contributed by atoms with Crippen LogP contribution in [0, 0.1) is 40.4 Å². The lowest BCUT2D eigenvalue weighted by Crippen LogP contribution is -2.60. The van der Waals surface area contributed by atoms with Crippen molar-refractivity contribution in [1.29, 1.82) is 0 Å². The van der Waals surface area contributed by atoms with Crippen molar-refractivity contribution >= 4 is 5.91 Å². The van der Waals surface area contributed by atoms with Gasteiger partial charge in [-0.2, -0.15) is 0 Å². The molecule has 4 rings (SSSR count). The number of rotatable bonds is 4. The number of aliphatic hydroxyl groups excluding tert-OH is 1. The van der Waals surface area contributed by atoms with Gasteiger partial charge in [0, 0.05) is 18.2 Å². The Morgan fingerprint density at radius 2 is 1.81 bits per heavy atom. The van der Waals surface area contributed by atoms with E-state index in [1.54, 1.807) is 6.08 Å². The zero-order valence-electron chi connectivity index (χ0n) is 21.7. The third kappa shape index (κ3) is 3.98. The summed E-state index contributed by atoms with van der Waals surface area (Å²) in [5, 5.41) is 15.0. The molecule has 4 aliphatic carbocycles. The second-order valence-electron chi connectivity index (χ2n) is 12.9. The molecule has 4 fully saturated rings. The van der Waals surface area contributed by atoms with E-state index >= 15 is 0 Å². The fraction of sp³-hybridized carbons (Fsp3) is 0.893. The summed E-state index contributed by atoms with van der Waals surface area (Å²) in [7, 11) is 4.43. The molecular formula is C28H48N2O2. The first-order valence-corrected chi connectivity index (χ1v) is 13.3. The van der Waals surface area contributed by atoms with Crippen LogP contribution >= 0.6 is 0 Å². The van der Waals surface area contributed by atoms with Gasteiger partial charge in [0.1, 0.15) is 0 Å². The molecule has 4 saturated carbocycles. The van der Waals surface area contributed by atoms with E-state index in [0.29, 0.717) is 29.7 Å². The number of nitrogens with zero attached hydrogens (tertiary/aromatic N) is 1. The van der Waals surface area contributed by atoms with Crippen LogP contribution in [-0.2, 0) is 4.79 Å². The van der Waals surface area contributed by atoms with E-state index in [4.69, 9.17) is 0 Å². The fourth-order valence-electron chi connectivity index (χ4n) is 9.21. The maximum absolute atomic E-state index is 12.3. The van der Waals surface area contributed by atoms with Gasteiger partial charge < -0.3 is 15.3 Å². The molecule has 10 atom stereocenters. The second-order valence-corrected chi connectivity index (χ2v) is 12.9. The van der Waals surface area contributed by atoms with Crippen LogP contribution in [0.1, 0.15) is 86.0 Å². The first-order valence-electron chi connectivity index (χ1n) is 13.3. The zero-order valence-corrected chi connectivity index (χ0v) is 21.7. The maximum Gasteiger partial charge on any atom is 0.244 e. The lowest BCUT2D eigenvalue weighted by molar-refractivity contribution is -0.173. The molecule has 0 heterocycles. The molecule has 0 spiro atoms. The predicted octanol–water partition coefficient (Wildman–Crippen LogP) is 5.02. The van der Waals surface area contributed by atoms with Crippen LogP contribution < -0.4 is 5.32 Å². The summed E-state index contributed by atoms with van der Waals surface area (Å²) in [5.74, 6) is 3.23. The van der Waals surface area contributed by atoms with Gasteiger partial charge in [0.05, 0.1) is 6.10 Å². The average molecular weight is 445 g/mol. The number of allylic oxidation sites excluding steroid dienone is 1. The lowest BCUT2D eigenvalue weighted by atomic mass is 9.43. The fourth-order valence-corrected chi connectivity index (χ4v) is 9.21. The van der Waals surface area contributed by atoms with Crippen LogP contribution in [0.4, 0.5) is 0 Å². The molecule has 0 aromatic carbocycles. The van der Waals surface area contributed by atoms with Crippen molar-refractivity contribution in [2.45, 2.75) is 104 Å². The maximum atomic E-state index is 12.3. The van der Waals surface area contributed by atoms with Gasteiger partial charge in [0.2, 0.25) is 5.91 Å². The largest absolute Gasteiger partial charge is 0.393 e. The van der Waals surface area contributed by atoms with Crippen molar-refractivity contribution in [2.75, 3.05) is 14.1 Å². The summed E-state index contributed by atoms with van der Waals surface area (Å²) < 4.78 is 0. The molecule has 2 N–H and O–H groups in total. The van der Waals surface area contributed by atoms with Crippen LogP contribution in [-0.4, -0.2) is 48.2 Å². The smallest absolute Gasteiger partial charge is 0.244 e. The van der Waals surface area contributed by atoms with Crippen molar-refractivity contribution in [3.05, 3.63) is 11.6 Å². The Bertz CT molecular complexity index is 744. The highest BCUT2D eigenvalue weighted by molar-refractivity contribution is 5.88. The van der Waals surface area contributed by atoms with E-state index in [9.17, 15) is 9.90 Å². The number of hydrogen-bond donors (Lipinski definition) is 2. The summed E-state index contributed by atoms with van der Waals surface area (Å²) >= 11 is 0. The summed E-state index contributed by atoms with van der Waals surface area (Å²) in [6.45, 7) is 11.3. The third-order valence-corrected chi connectivity index (χ3v) is 10.8. The van der Waals surface area contributed by atoms with Gasteiger partial charge >= 0.3 is 0 Å². The Morgan fingerprint density at radius 3 is 2.47 bits per heavy atom. The quantitative estimate of drug-likeness (QED) is 0.599. The Balaban J connectivity index is 1.51. The first kappa shape index (κ1) is 24.3. The monoisotopic (exact) mass is 444 g/mol. The van der Waals surface area contributed by atoms with Gasteiger partial charge in [-0.15, -0.1) is 0 Å². The normalized spacial score (nSPS) is 46.6. The molecule has 0 aliphatic heterocycles. The van der Waals surface area contributed by atoms with Crippen molar-refractivity contribution in [3.8, 4) is 0 Å². The van der Waals surface area contributed by atoms with Gasteiger partial charge in [-0.1, -0.05) is 19.4 Å². The van der Waals surface area contributed by atoms with Crippen molar-refractivity contribution < 1.29 is 9.90 Å². The van der Waals surface area contributed by atoms with Gasteiger partial charge in [-0.25, -0.2) is 0 Å². The molecular weight excluding hydrogens is 396 g/mol. The van der Waals surface area contributed by atoms with Crippen LogP contribution in [0.15, 0.2) is 11.6 Å². The van der Waals surface area contributed by atoms with E-state index in [0.717, 1.165) is 37.2 Å². The Kier molecular flexibility index (Phi) is 6.62. The molecule has 0 bridgehead atoms. The van der Waals surface area contributed by atoms with E-state index < -0.39 is 0 Å². The predicted molar refractivity (Wildman–Crippen MR) is 131 cm³/mol. The van der Waals surface area contributed by atoms with Crippen molar-refractivity contribution in [1.82, 2.24) is 10.2 Å². The number of amides is 1. The highest BCUT2D eigenvalue weighted by atomic mass is 16.3. The number of nitrogens with one attached hydrogen (secondary N) is 1. The molecule has 4 aliphatic rings. The molecule has 1 amide bonds. The van der Waals surface area contributed by atoms with E-state index in [1.807, 2.05) is 13.8 Å². The number of fused-ring (bicyclic) bond motifs is 5. The molecule has 32 heavy (non-hydrogen) atoms. The van der Waals surface area contributed by atoms with Crippen LogP contribution in [0.5, 0.6) is 0 Å². The number of hydrogen-bond acceptors (Lipinski definition) is 3. The molecule has 4 heteroatoms. The Hall–Kier alpha value is -0.870. The third-order valence-electron chi connectivity index (χ3n) is 10.8. The minimum atomic E-state index is -0.180. The highest BCUT2D eigenvalue weighted by Crippen LogP contribution is 2.67. The summed E-state index contributed by atoms with van der Waals surface area (Å²) in [5.41, 5.74) is 1.53. The first-order chi connectivity index (χ1) is 15.0. The highest BCUT2D eigenvalue weighted by Gasteiger charge is 2.63. The Labute approximate surface area is 196 Å². The molecule has 182 valence electrons. The number of carbonyl (C=O) groups excluding carboxylic acids is 1. The molecule has 0 radical (unpaired) electrons. The second kappa shape index (κ2) is 8.73. The van der Waals surface area contributed by atoms with Crippen molar-refractivity contribution in [2.24, 2.45) is 40.4 Å². The molecule has 0 aromatic heterocycles. The number of aliphatic hydroxyl groups is 1. The number of carbonyl (C=O) groups is 1. The van der Waals surface area contributed by atoms with Crippen molar-refractivity contribution in [3.63, 3.8) is 0 Å².